The predicted octanol–water partition coefficient (Wildman–Crippen LogP) is 2.31. The quantitative estimate of drug-likeness (QED) is 0.408. The van der Waals surface area contributed by atoms with Crippen LogP contribution in [0.2, 0.25) is 0 Å². The second-order valence-electron chi connectivity index (χ2n) is 6.62. The van der Waals surface area contributed by atoms with Gasteiger partial charge >= 0.3 is 0 Å². The SMILES string of the molecule is CN=C(NCCNC(=O)c1ccccc1)NCC1(c2ccccc2)CC1. The highest BCUT2D eigenvalue weighted by Crippen LogP contribution is 2.47. The van der Waals surface area contributed by atoms with Crippen molar-refractivity contribution >= 4 is 11.9 Å². The first kappa shape index (κ1) is 18.0. The summed E-state index contributed by atoms with van der Waals surface area (Å²) in [6, 6.07) is 19.9. The fraction of sp³-hybridized carbons (Fsp3) is 0.333. The van der Waals surface area contributed by atoms with Gasteiger partial charge in [-0.25, -0.2) is 0 Å². The Morgan fingerprint density at radius 2 is 1.54 bits per heavy atom. The van der Waals surface area contributed by atoms with Gasteiger partial charge in [0.2, 0.25) is 0 Å². The summed E-state index contributed by atoms with van der Waals surface area (Å²) in [6.07, 6.45) is 2.41. The Labute approximate surface area is 154 Å². The molecule has 1 fully saturated rings. The molecule has 136 valence electrons. The molecule has 1 amide bonds. The lowest BCUT2D eigenvalue weighted by atomic mass is 9.96. The third-order valence-electron chi connectivity index (χ3n) is 4.80. The maximum Gasteiger partial charge on any atom is 0.251 e. The molecule has 2 aromatic rings. The fourth-order valence-corrected chi connectivity index (χ4v) is 3.03. The van der Waals surface area contributed by atoms with Crippen LogP contribution in [0.4, 0.5) is 0 Å². The van der Waals surface area contributed by atoms with Crippen molar-refractivity contribution in [2.45, 2.75) is 18.3 Å². The van der Waals surface area contributed by atoms with Crippen LogP contribution in [-0.4, -0.2) is 38.5 Å². The average molecular weight is 350 g/mol. The van der Waals surface area contributed by atoms with Gasteiger partial charge in [-0.3, -0.25) is 9.79 Å². The first-order valence-electron chi connectivity index (χ1n) is 9.07. The van der Waals surface area contributed by atoms with Gasteiger partial charge < -0.3 is 16.0 Å². The second-order valence-corrected chi connectivity index (χ2v) is 6.62. The number of carbonyl (C=O) groups is 1. The van der Waals surface area contributed by atoms with E-state index in [0.717, 1.165) is 12.5 Å². The molecule has 0 bridgehead atoms. The van der Waals surface area contributed by atoms with Crippen molar-refractivity contribution < 1.29 is 4.79 Å². The Bertz CT molecular complexity index is 739. The van der Waals surface area contributed by atoms with Gasteiger partial charge in [0.1, 0.15) is 0 Å². The lowest BCUT2D eigenvalue weighted by Gasteiger charge is -2.19. The molecule has 5 nitrogen and oxygen atoms in total. The monoisotopic (exact) mass is 350 g/mol. The molecule has 0 radical (unpaired) electrons. The van der Waals surface area contributed by atoms with Crippen molar-refractivity contribution in [2.24, 2.45) is 4.99 Å². The van der Waals surface area contributed by atoms with Gasteiger partial charge in [-0.2, -0.15) is 0 Å². The Kier molecular flexibility index (Phi) is 5.89. The van der Waals surface area contributed by atoms with Crippen LogP contribution in [0.25, 0.3) is 0 Å². The van der Waals surface area contributed by atoms with Crippen LogP contribution in [0.5, 0.6) is 0 Å². The van der Waals surface area contributed by atoms with Crippen molar-refractivity contribution in [3.63, 3.8) is 0 Å². The van der Waals surface area contributed by atoms with E-state index in [1.54, 1.807) is 7.05 Å². The van der Waals surface area contributed by atoms with Gasteiger partial charge in [0, 0.05) is 37.7 Å². The highest BCUT2D eigenvalue weighted by Gasteiger charge is 2.43. The summed E-state index contributed by atoms with van der Waals surface area (Å²) >= 11 is 0. The number of aliphatic imine (C=N–C) groups is 1. The number of carbonyl (C=O) groups excluding carboxylic acids is 1. The van der Waals surface area contributed by atoms with E-state index in [0.29, 0.717) is 18.7 Å². The number of rotatable bonds is 7. The van der Waals surface area contributed by atoms with Gasteiger partial charge in [0.05, 0.1) is 0 Å². The Morgan fingerprint density at radius 3 is 2.15 bits per heavy atom. The van der Waals surface area contributed by atoms with E-state index in [1.165, 1.54) is 18.4 Å². The Balaban J connectivity index is 1.40. The molecule has 0 unspecified atom stereocenters. The molecule has 0 spiro atoms. The molecule has 0 aromatic heterocycles. The molecule has 3 N–H and O–H groups in total. The lowest BCUT2D eigenvalue weighted by Crippen LogP contribution is -2.44. The van der Waals surface area contributed by atoms with E-state index >= 15 is 0 Å². The van der Waals surface area contributed by atoms with Crippen molar-refractivity contribution in [2.75, 3.05) is 26.7 Å². The molecule has 0 aliphatic heterocycles. The van der Waals surface area contributed by atoms with Crippen molar-refractivity contribution in [3.05, 3.63) is 71.8 Å². The van der Waals surface area contributed by atoms with Gasteiger partial charge in [0.15, 0.2) is 5.96 Å². The zero-order valence-electron chi connectivity index (χ0n) is 15.2. The number of nitrogens with zero attached hydrogens (tertiary/aromatic N) is 1. The number of hydrogen-bond acceptors (Lipinski definition) is 2. The summed E-state index contributed by atoms with van der Waals surface area (Å²) < 4.78 is 0. The molecule has 5 heteroatoms. The van der Waals surface area contributed by atoms with Crippen LogP contribution in [0.3, 0.4) is 0 Å². The molecule has 26 heavy (non-hydrogen) atoms. The van der Waals surface area contributed by atoms with Crippen molar-refractivity contribution in [1.29, 1.82) is 0 Å². The van der Waals surface area contributed by atoms with E-state index in [1.807, 2.05) is 30.3 Å². The summed E-state index contributed by atoms with van der Waals surface area (Å²) in [5.41, 5.74) is 2.30. The Morgan fingerprint density at radius 1 is 0.923 bits per heavy atom. The minimum atomic E-state index is -0.0589. The third kappa shape index (κ3) is 4.63. The average Bonchev–Trinajstić information content (AvgIpc) is 3.50. The van der Waals surface area contributed by atoms with Crippen LogP contribution in [0.1, 0.15) is 28.8 Å². The zero-order valence-corrected chi connectivity index (χ0v) is 15.2. The van der Waals surface area contributed by atoms with Gasteiger partial charge in [-0.1, -0.05) is 48.5 Å². The van der Waals surface area contributed by atoms with E-state index in [-0.39, 0.29) is 11.3 Å². The maximum atomic E-state index is 12.0. The van der Waals surface area contributed by atoms with Crippen LogP contribution >= 0.6 is 0 Å². The minimum absolute atomic E-state index is 0.0589. The van der Waals surface area contributed by atoms with Crippen LogP contribution < -0.4 is 16.0 Å². The number of guanidine groups is 1. The smallest absolute Gasteiger partial charge is 0.251 e. The number of benzene rings is 2. The summed E-state index contributed by atoms with van der Waals surface area (Å²) in [5, 5.41) is 9.57. The maximum absolute atomic E-state index is 12.0. The molecular weight excluding hydrogens is 324 g/mol. The zero-order chi connectivity index (χ0) is 18.2. The highest BCUT2D eigenvalue weighted by molar-refractivity contribution is 5.94. The minimum Gasteiger partial charge on any atom is -0.356 e. The summed E-state index contributed by atoms with van der Waals surface area (Å²) in [4.78, 5) is 16.3. The van der Waals surface area contributed by atoms with Gasteiger partial charge in [-0.05, 0) is 30.5 Å². The number of nitrogens with one attached hydrogen (secondary N) is 3. The van der Waals surface area contributed by atoms with E-state index < -0.39 is 0 Å². The molecule has 1 aliphatic rings. The second kappa shape index (κ2) is 8.52. The normalized spacial score (nSPS) is 15.2. The van der Waals surface area contributed by atoms with Crippen LogP contribution in [-0.2, 0) is 5.41 Å². The standard InChI is InChI=1S/C21H26N4O/c1-22-20(24-15-14-23-19(26)17-8-4-2-5-9-17)25-16-21(12-13-21)18-10-6-3-7-11-18/h2-11H,12-16H2,1H3,(H,23,26)(H2,22,24,25). The molecule has 1 aliphatic carbocycles. The largest absolute Gasteiger partial charge is 0.356 e. The topological polar surface area (TPSA) is 65.5 Å². The summed E-state index contributed by atoms with van der Waals surface area (Å²) in [7, 11) is 1.76. The fourth-order valence-electron chi connectivity index (χ4n) is 3.03. The number of hydrogen-bond donors (Lipinski definition) is 3. The molecule has 3 rings (SSSR count). The van der Waals surface area contributed by atoms with Crippen molar-refractivity contribution in [1.82, 2.24) is 16.0 Å². The summed E-state index contributed by atoms with van der Waals surface area (Å²) in [5.74, 6) is 0.706. The third-order valence-corrected chi connectivity index (χ3v) is 4.80. The summed E-state index contributed by atoms with van der Waals surface area (Å²) in [6.45, 7) is 2.03. The predicted molar refractivity (Wildman–Crippen MR) is 105 cm³/mol. The molecule has 0 atom stereocenters. The molecule has 2 aromatic carbocycles. The Hall–Kier alpha value is -2.82. The first-order valence-corrected chi connectivity index (χ1v) is 9.07. The highest BCUT2D eigenvalue weighted by atomic mass is 16.1. The van der Waals surface area contributed by atoms with E-state index in [4.69, 9.17) is 0 Å². The number of amides is 1. The van der Waals surface area contributed by atoms with E-state index in [9.17, 15) is 4.79 Å². The van der Waals surface area contributed by atoms with E-state index in [2.05, 4.69) is 51.3 Å². The van der Waals surface area contributed by atoms with Crippen LogP contribution in [0, 0.1) is 0 Å². The molecule has 1 saturated carbocycles. The molecular formula is C21H26N4O. The lowest BCUT2D eigenvalue weighted by molar-refractivity contribution is 0.0954. The molecule has 0 saturated heterocycles. The van der Waals surface area contributed by atoms with Crippen LogP contribution in [0.15, 0.2) is 65.7 Å². The first-order chi connectivity index (χ1) is 12.7. The van der Waals surface area contributed by atoms with Gasteiger partial charge in [-0.15, -0.1) is 0 Å². The van der Waals surface area contributed by atoms with Gasteiger partial charge in [0.25, 0.3) is 5.91 Å². The van der Waals surface area contributed by atoms with Crippen molar-refractivity contribution in [3.8, 4) is 0 Å². The molecule has 0 heterocycles.